The zero-order valence-corrected chi connectivity index (χ0v) is 15.4. The Kier molecular flexibility index (Phi) is 6.16. The van der Waals surface area contributed by atoms with Crippen LogP contribution in [0.2, 0.25) is 0 Å². The van der Waals surface area contributed by atoms with Crippen LogP contribution in [0.1, 0.15) is 39.0 Å². The van der Waals surface area contributed by atoms with Gasteiger partial charge in [-0.2, -0.15) is 0 Å². The Morgan fingerprint density at radius 1 is 1.22 bits per heavy atom. The molecule has 1 aromatic carbocycles. The molecule has 0 bridgehead atoms. The highest BCUT2D eigenvalue weighted by molar-refractivity contribution is 5.80. The highest BCUT2D eigenvalue weighted by atomic mass is 16.5. The number of rotatable bonds is 6. The van der Waals surface area contributed by atoms with Crippen LogP contribution in [-0.2, 0) is 20.9 Å². The summed E-state index contributed by atoms with van der Waals surface area (Å²) in [6, 6.07) is 7.05. The Morgan fingerprint density at radius 2 is 1.96 bits per heavy atom. The second kappa shape index (κ2) is 8.75. The first-order valence-electron chi connectivity index (χ1n) is 9.30. The fourth-order valence-electron chi connectivity index (χ4n) is 3.26. The smallest absolute Gasteiger partial charge is 0.308 e. The average Bonchev–Trinajstić information content (AvgIpc) is 2.68. The van der Waals surface area contributed by atoms with Crippen LogP contribution in [0.3, 0.4) is 0 Å². The molecule has 27 heavy (non-hydrogen) atoms. The predicted octanol–water partition coefficient (Wildman–Crippen LogP) is 1.42. The largest absolute Gasteiger partial charge is 0.456 e. The summed E-state index contributed by atoms with van der Waals surface area (Å²) in [5.74, 6) is -0.132. The Labute approximate surface area is 156 Å². The van der Waals surface area contributed by atoms with Gasteiger partial charge in [0.2, 0.25) is 0 Å². The fourth-order valence-corrected chi connectivity index (χ4v) is 3.26. The molecule has 1 fully saturated rings. The zero-order chi connectivity index (χ0) is 19.2. The SMILES string of the molecule is CC1CCC(NC(=O)COC(=O)CCn2nnc3ccccc3c2=O)CC1. The molecule has 1 N–H and O–H groups in total. The van der Waals surface area contributed by atoms with Crippen molar-refractivity contribution in [3.8, 4) is 0 Å². The minimum Gasteiger partial charge on any atom is -0.456 e. The van der Waals surface area contributed by atoms with Gasteiger partial charge in [0.05, 0.1) is 18.4 Å². The van der Waals surface area contributed by atoms with Crippen LogP contribution in [0.4, 0.5) is 0 Å². The summed E-state index contributed by atoms with van der Waals surface area (Å²) in [6.45, 7) is 1.96. The summed E-state index contributed by atoms with van der Waals surface area (Å²) < 4.78 is 6.13. The van der Waals surface area contributed by atoms with Gasteiger partial charge in [0.25, 0.3) is 11.5 Å². The van der Waals surface area contributed by atoms with Gasteiger partial charge in [0, 0.05) is 6.04 Å². The number of aromatic nitrogens is 3. The number of nitrogens with zero attached hydrogens (tertiary/aromatic N) is 3. The first-order valence-corrected chi connectivity index (χ1v) is 9.30. The van der Waals surface area contributed by atoms with Gasteiger partial charge in [0.1, 0.15) is 5.52 Å². The first-order chi connectivity index (χ1) is 13.0. The van der Waals surface area contributed by atoms with E-state index in [0.29, 0.717) is 16.8 Å². The van der Waals surface area contributed by atoms with E-state index in [1.807, 2.05) is 0 Å². The van der Waals surface area contributed by atoms with Crippen molar-refractivity contribution in [1.29, 1.82) is 0 Å². The van der Waals surface area contributed by atoms with E-state index in [0.717, 1.165) is 30.4 Å². The number of carbonyl (C=O) groups is 2. The molecule has 1 aliphatic carbocycles. The van der Waals surface area contributed by atoms with E-state index in [9.17, 15) is 14.4 Å². The molecule has 8 heteroatoms. The monoisotopic (exact) mass is 372 g/mol. The zero-order valence-electron chi connectivity index (χ0n) is 15.4. The van der Waals surface area contributed by atoms with E-state index < -0.39 is 5.97 Å². The average molecular weight is 372 g/mol. The molecular formula is C19H24N4O4. The number of hydrogen-bond acceptors (Lipinski definition) is 6. The first kappa shape index (κ1) is 19.0. The van der Waals surface area contributed by atoms with E-state index in [1.54, 1.807) is 24.3 Å². The Morgan fingerprint density at radius 3 is 2.74 bits per heavy atom. The van der Waals surface area contributed by atoms with Crippen molar-refractivity contribution >= 4 is 22.8 Å². The molecule has 1 aliphatic rings. The number of esters is 1. The van der Waals surface area contributed by atoms with Crippen LogP contribution in [0.15, 0.2) is 29.1 Å². The third-order valence-electron chi connectivity index (χ3n) is 4.90. The fraction of sp³-hybridized carbons (Fsp3) is 0.526. The van der Waals surface area contributed by atoms with Crippen molar-refractivity contribution in [1.82, 2.24) is 20.3 Å². The van der Waals surface area contributed by atoms with E-state index in [4.69, 9.17) is 4.74 Å². The molecule has 8 nitrogen and oxygen atoms in total. The number of hydrogen-bond donors (Lipinski definition) is 1. The summed E-state index contributed by atoms with van der Waals surface area (Å²) in [6.07, 6.45) is 4.08. The Balaban J connectivity index is 1.44. The highest BCUT2D eigenvalue weighted by Gasteiger charge is 2.20. The van der Waals surface area contributed by atoms with Crippen molar-refractivity contribution in [2.24, 2.45) is 5.92 Å². The summed E-state index contributed by atoms with van der Waals surface area (Å²) in [4.78, 5) is 36.1. The lowest BCUT2D eigenvalue weighted by Gasteiger charge is -2.26. The van der Waals surface area contributed by atoms with Gasteiger partial charge in [-0.15, -0.1) is 5.10 Å². The van der Waals surface area contributed by atoms with Gasteiger partial charge >= 0.3 is 5.97 Å². The number of amides is 1. The summed E-state index contributed by atoms with van der Waals surface area (Å²) in [7, 11) is 0. The van der Waals surface area contributed by atoms with Crippen LogP contribution in [0, 0.1) is 5.92 Å². The van der Waals surface area contributed by atoms with Crippen LogP contribution in [-0.4, -0.2) is 39.5 Å². The van der Waals surface area contributed by atoms with Crippen molar-refractivity contribution in [3.05, 3.63) is 34.6 Å². The van der Waals surface area contributed by atoms with Crippen molar-refractivity contribution in [2.45, 2.75) is 51.6 Å². The number of fused-ring (bicyclic) bond motifs is 1. The molecule has 1 amide bonds. The van der Waals surface area contributed by atoms with Gasteiger partial charge in [-0.1, -0.05) is 24.3 Å². The van der Waals surface area contributed by atoms with E-state index in [-0.39, 0.29) is 37.1 Å². The standard InChI is InChI=1S/C19H24N4O4/c1-13-6-8-14(9-7-13)20-17(24)12-27-18(25)10-11-23-19(26)15-4-2-3-5-16(15)21-22-23/h2-5,13-14H,6-12H2,1H3,(H,20,24). The molecule has 1 heterocycles. The molecule has 144 valence electrons. The minimum absolute atomic E-state index is 0.0532. The predicted molar refractivity (Wildman–Crippen MR) is 98.9 cm³/mol. The Bertz CT molecular complexity index is 871. The molecule has 0 unspecified atom stereocenters. The molecule has 3 rings (SSSR count). The van der Waals surface area contributed by atoms with Crippen LogP contribution >= 0.6 is 0 Å². The molecule has 0 aliphatic heterocycles. The lowest BCUT2D eigenvalue weighted by atomic mass is 9.87. The molecule has 0 saturated heterocycles. The third-order valence-corrected chi connectivity index (χ3v) is 4.90. The number of carbonyl (C=O) groups excluding carboxylic acids is 2. The highest BCUT2D eigenvalue weighted by Crippen LogP contribution is 2.23. The van der Waals surface area contributed by atoms with E-state index in [2.05, 4.69) is 22.6 Å². The normalized spacial score (nSPS) is 19.6. The molecule has 0 atom stereocenters. The lowest BCUT2D eigenvalue weighted by Crippen LogP contribution is -2.39. The quantitative estimate of drug-likeness (QED) is 0.769. The number of aryl methyl sites for hydroxylation is 1. The van der Waals surface area contributed by atoms with Crippen LogP contribution in [0.25, 0.3) is 10.9 Å². The second-order valence-corrected chi connectivity index (χ2v) is 7.07. The number of benzene rings is 1. The number of ether oxygens (including phenoxy) is 1. The minimum atomic E-state index is -0.552. The van der Waals surface area contributed by atoms with Crippen LogP contribution < -0.4 is 10.9 Å². The molecule has 0 spiro atoms. The maximum Gasteiger partial charge on any atom is 0.308 e. The molecule has 1 aromatic heterocycles. The van der Waals surface area contributed by atoms with E-state index >= 15 is 0 Å². The third kappa shape index (κ3) is 5.12. The Hall–Kier alpha value is -2.77. The van der Waals surface area contributed by atoms with Gasteiger partial charge in [-0.05, 0) is 43.7 Å². The summed E-state index contributed by atoms with van der Waals surface area (Å²) in [5.41, 5.74) is 0.202. The van der Waals surface area contributed by atoms with E-state index in [1.165, 1.54) is 0 Å². The van der Waals surface area contributed by atoms with Gasteiger partial charge in [0.15, 0.2) is 6.61 Å². The van der Waals surface area contributed by atoms with Crippen molar-refractivity contribution < 1.29 is 14.3 Å². The lowest BCUT2D eigenvalue weighted by molar-refractivity contribution is -0.149. The topological polar surface area (TPSA) is 103 Å². The summed E-state index contributed by atoms with van der Waals surface area (Å²) >= 11 is 0. The maximum absolute atomic E-state index is 12.3. The summed E-state index contributed by atoms with van der Waals surface area (Å²) in [5, 5.41) is 11.1. The van der Waals surface area contributed by atoms with Gasteiger partial charge in [-0.25, -0.2) is 4.68 Å². The second-order valence-electron chi connectivity index (χ2n) is 7.07. The number of nitrogens with one attached hydrogen (secondary N) is 1. The molecule has 2 aromatic rings. The van der Waals surface area contributed by atoms with Gasteiger partial charge < -0.3 is 10.1 Å². The molecule has 1 saturated carbocycles. The molecule has 0 radical (unpaired) electrons. The van der Waals surface area contributed by atoms with Crippen molar-refractivity contribution in [2.75, 3.05) is 6.61 Å². The van der Waals surface area contributed by atoms with Crippen molar-refractivity contribution in [3.63, 3.8) is 0 Å². The van der Waals surface area contributed by atoms with Crippen LogP contribution in [0.5, 0.6) is 0 Å². The molecular weight excluding hydrogens is 348 g/mol. The maximum atomic E-state index is 12.3. The van der Waals surface area contributed by atoms with Gasteiger partial charge in [-0.3, -0.25) is 14.4 Å².